The fourth-order valence-corrected chi connectivity index (χ4v) is 5.56. The van der Waals surface area contributed by atoms with Crippen LogP contribution >= 0.6 is 0 Å². The van der Waals surface area contributed by atoms with Crippen molar-refractivity contribution in [1.82, 2.24) is 10.2 Å². The summed E-state index contributed by atoms with van der Waals surface area (Å²) < 4.78 is 23.3. The number of rotatable bonds is 4. The first-order valence-electron chi connectivity index (χ1n) is 7.63. The van der Waals surface area contributed by atoms with Gasteiger partial charge >= 0.3 is 0 Å². The molecule has 2 unspecified atom stereocenters. The van der Waals surface area contributed by atoms with Crippen LogP contribution in [0.25, 0.3) is 0 Å². The number of nitrogens with one attached hydrogen (secondary N) is 1. The maximum absolute atomic E-state index is 11.6. The summed E-state index contributed by atoms with van der Waals surface area (Å²) in [6.07, 6.45) is 5.53. The zero-order valence-corrected chi connectivity index (χ0v) is 13.1. The normalized spacial score (nSPS) is 36.2. The monoisotopic (exact) mass is 288 g/mol. The third-order valence-corrected chi connectivity index (χ3v) is 6.32. The molecule has 0 aliphatic carbocycles. The largest absolute Gasteiger partial charge is 0.308 e. The van der Waals surface area contributed by atoms with Crippen molar-refractivity contribution in [2.75, 3.05) is 31.1 Å². The Morgan fingerprint density at radius 2 is 2.11 bits per heavy atom. The van der Waals surface area contributed by atoms with Gasteiger partial charge in [-0.3, -0.25) is 0 Å². The van der Waals surface area contributed by atoms with E-state index in [1.54, 1.807) is 0 Å². The van der Waals surface area contributed by atoms with E-state index in [1.807, 2.05) is 0 Å². The topological polar surface area (TPSA) is 49.4 Å². The first-order chi connectivity index (χ1) is 8.92. The van der Waals surface area contributed by atoms with Crippen molar-refractivity contribution in [3.63, 3.8) is 0 Å². The van der Waals surface area contributed by atoms with Gasteiger partial charge in [0.15, 0.2) is 9.84 Å². The molecule has 0 aromatic heterocycles. The SMILES string of the molecule is CCCN1CCCC(NC2(C)CCS(=O)(=O)C2)CC1. The summed E-state index contributed by atoms with van der Waals surface area (Å²) in [6, 6.07) is 0.486. The Balaban J connectivity index is 1.86. The van der Waals surface area contributed by atoms with Gasteiger partial charge in [0.25, 0.3) is 0 Å². The maximum atomic E-state index is 11.6. The fraction of sp³-hybridized carbons (Fsp3) is 1.00. The van der Waals surface area contributed by atoms with Crippen LogP contribution < -0.4 is 5.32 Å². The van der Waals surface area contributed by atoms with Crippen molar-refractivity contribution >= 4 is 9.84 Å². The van der Waals surface area contributed by atoms with Gasteiger partial charge in [0.2, 0.25) is 0 Å². The van der Waals surface area contributed by atoms with E-state index in [4.69, 9.17) is 0 Å². The van der Waals surface area contributed by atoms with E-state index in [1.165, 1.54) is 32.4 Å². The molecule has 2 atom stereocenters. The molecule has 1 N–H and O–H groups in total. The van der Waals surface area contributed by atoms with Crippen molar-refractivity contribution < 1.29 is 8.42 Å². The van der Waals surface area contributed by atoms with Gasteiger partial charge in [-0.1, -0.05) is 6.92 Å². The first kappa shape index (κ1) is 15.3. The van der Waals surface area contributed by atoms with Crippen LogP contribution in [0.2, 0.25) is 0 Å². The third kappa shape index (κ3) is 4.43. The summed E-state index contributed by atoms with van der Waals surface area (Å²) in [7, 11) is -2.81. The molecule has 0 amide bonds. The summed E-state index contributed by atoms with van der Waals surface area (Å²) in [4.78, 5) is 2.54. The van der Waals surface area contributed by atoms with Crippen LogP contribution in [-0.4, -0.2) is 56.0 Å². The quantitative estimate of drug-likeness (QED) is 0.850. The zero-order chi connectivity index (χ0) is 13.9. The van der Waals surface area contributed by atoms with Crippen LogP contribution in [0.5, 0.6) is 0 Å². The second-order valence-corrected chi connectivity index (χ2v) is 8.70. The average Bonchev–Trinajstić information content (AvgIpc) is 2.50. The molecule has 2 fully saturated rings. The van der Waals surface area contributed by atoms with E-state index in [-0.39, 0.29) is 5.54 Å². The van der Waals surface area contributed by atoms with Gasteiger partial charge < -0.3 is 10.2 Å². The molecule has 112 valence electrons. The Labute approximate surface area is 117 Å². The molecule has 2 rings (SSSR count). The van der Waals surface area contributed by atoms with Crippen LogP contribution in [0.3, 0.4) is 0 Å². The number of hydrogen-bond acceptors (Lipinski definition) is 4. The summed E-state index contributed by atoms with van der Waals surface area (Å²) in [5.74, 6) is 0.667. The molecule has 0 aromatic rings. The minimum Gasteiger partial charge on any atom is -0.308 e. The van der Waals surface area contributed by atoms with Crippen molar-refractivity contribution in [3.05, 3.63) is 0 Å². The molecule has 2 aliphatic heterocycles. The minimum absolute atomic E-state index is 0.191. The molecular formula is C14H28N2O2S. The highest BCUT2D eigenvalue weighted by molar-refractivity contribution is 7.91. The lowest BCUT2D eigenvalue weighted by Gasteiger charge is -2.30. The summed E-state index contributed by atoms with van der Waals surface area (Å²) in [6.45, 7) is 7.84. The second-order valence-electron chi connectivity index (χ2n) is 6.52. The molecule has 0 radical (unpaired) electrons. The lowest BCUT2D eigenvalue weighted by molar-refractivity contribution is 0.274. The van der Waals surface area contributed by atoms with Crippen LogP contribution in [0.1, 0.15) is 46.0 Å². The van der Waals surface area contributed by atoms with Gasteiger partial charge in [-0.2, -0.15) is 0 Å². The highest BCUT2D eigenvalue weighted by Gasteiger charge is 2.39. The van der Waals surface area contributed by atoms with Gasteiger partial charge in [-0.15, -0.1) is 0 Å². The van der Waals surface area contributed by atoms with Crippen molar-refractivity contribution in [2.45, 2.75) is 57.5 Å². The van der Waals surface area contributed by atoms with Crippen molar-refractivity contribution in [2.24, 2.45) is 0 Å². The fourth-order valence-electron chi connectivity index (χ4n) is 3.46. The molecule has 5 heteroatoms. The lowest BCUT2D eigenvalue weighted by atomic mass is 9.98. The van der Waals surface area contributed by atoms with E-state index in [0.717, 1.165) is 19.4 Å². The van der Waals surface area contributed by atoms with Gasteiger partial charge in [0.05, 0.1) is 11.5 Å². The summed E-state index contributed by atoms with van der Waals surface area (Å²) in [5.41, 5.74) is -0.191. The van der Waals surface area contributed by atoms with Gasteiger partial charge in [-0.25, -0.2) is 8.42 Å². The standard InChI is InChI=1S/C14H28N2O2S/c1-3-8-16-9-4-5-13(6-10-16)15-14(2)7-11-19(17,18)12-14/h13,15H,3-12H2,1-2H3. The molecular weight excluding hydrogens is 260 g/mol. The Morgan fingerprint density at radius 1 is 1.32 bits per heavy atom. The molecule has 2 aliphatic rings. The highest BCUT2D eigenvalue weighted by Crippen LogP contribution is 2.25. The number of sulfone groups is 1. The Kier molecular flexibility index (Phi) is 4.90. The Bertz CT molecular complexity index is 396. The van der Waals surface area contributed by atoms with Gasteiger partial charge in [0, 0.05) is 11.6 Å². The smallest absolute Gasteiger partial charge is 0.152 e. The number of nitrogens with zero attached hydrogens (tertiary/aromatic N) is 1. The zero-order valence-electron chi connectivity index (χ0n) is 12.3. The molecule has 2 heterocycles. The molecule has 0 saturated carbocycles. The summed E-state index contributed by atoms with van der Waals surface area (Å²) >= 11 is 0. The molecule has 4 nitrogen and oxygen atoms in total. The van der Waals surface area contributed by atoms with Crippen LogP contribution in [0.4, 0.5) is 0 Å². The summed E-state index contributed by atoms with van der Waals surface area (Å²) in [5, 5.41) is 3.65. The van der Waals surface area contributed by atoms with Crippen LogP contribution in [0.15, 0.2) is 0 Å². The van der Waals surface area contributed by atoms with Crippen LogP contribution in [-0.2, 0) is 9.84 Å². The highest BCUT2D eigenvalue weighted by atomic mass is 32.2. The van der Waals surface area contributed by atoms with E-state index >= 15 is 0 Å². The maximum Gasteiger partial charge on any atom is 0.152 e. The van der Waals surface area contributed by atoms with Gasteiger partial charge in [0.1, 0.15) is 0 Å². The van der Waals surface area contributed by atoms with Gasteiger partial charge in [-0.05, 0) is 58.7 Å². The molecule has 19 heavy (non-hydrogen) atoms. The second kappa shape index (κ2) is 6.10. The molecule has 0 spiro atoms. The number of likely N-dealkylation sites (tertiary alicyclic amines) is 1. The predicted molar refractivity (Wildman–Crippen MR) is 79.2 cm³/mol. The van der Waals surface area contributed by atoms with Crippen LogP contribution in [0, 0.1) is 0 Å². The Morgan fingerprint density at radius 3 is 2.74 bits per heavy atom. The average molecular weight is 288 g/mol. The van der Waals surface area contributed by atoms with E-state index in [2.05, 4.69) is 24.1 Å². The third-order valence-electron chi connectivity index (χ3n) is 4.42. The lowest BCUT2D eigenvalue weighted by Crippen LogP contribution is -2.49. The van der Waals surface area contributed by atoms with Crippen molar-refractivity contribution in [1.29, 1.82) is 0 Å². The van der Waals surface area contributed by atoms with E-state index in [0.29, 0.717) is 17.5 Å². The predicted octanol–water partition coefficient (Wildman–Crippen LogP) is 1.42. The molecule has 0 bridgehead atoms. The first-order valence-corrected chi connectivity index (χ1v) is 9.45. The minimum atomic E-state index is -2.81. The molecule has 2 saturated heterocycles. The number of hydrogen-bond donors (Lipinski definition) is 1. The Hall–Kier alpha value is -0.130. The van der Waals surface area contributed by atoms with E-state index in [9.17, 15) is 8.42 Å². The van der Waals surface area contributed by atoms with E-state index < -0.39 is 9.84 Å². The van der Waals surface area contributed by atoms with Crippen molar-refractivity contribution in [3.8, 4) is 0 Å². The molecule has 0 aromatic carbocycles.